The Labute approximate surface area is 231 Å². The summed E-state index contributed by atoms with van der Waals surface area (Å²) in [5.41, 5.74) is 17.2. The van der Waals surface area contributed by atoms with E-state index in [0.717, 1.165) is 33.8 Å². The van der Waals surface area contributed by atoms with E-state index >= 15 is 0 Å². The number of nitrogens with zero attached hydrogens (tertiary/aromatic N) is 2. The smallest absolute Gasteiger partial charge is 0.153 e. The molecular weight excluding hydrogens is 488 g/mol. The molecule has 0 aliphatic carbocycles. The van der Waals surface area contributed by atoms with Crippen molar-refractivity contribution in [3.63, 3.8) is 0 Å². The van der Waals surface area contributed by atoms with Crippen LogP contribution in [-0.4, -0.2) is 12.2 Å². The summed E-state index contributed by atoms with van der Waals surface area (Å²) in [6.07, 6.45) is 1.14. The van der Waals surface area contributed by atoms with Gasteiger partial charge in [0.25, 0.3) is 0 Å². The Hall–Kier alpha value is -5.48. The SMILES string of the molecule is N/C=N\N=C(/N)c1ccc2c(-c3ccc4ccccc4c3)c3ccccc3c(-c3ccc4ccccc4c3)c2c1. The van der Waals surface area contributed by atoms with Crippen molar-refractivity contribution < 1.29 is 0 Å². The maximum Gasteiger partial charge on any atom is 0.153 e. The van der Waals surface area contributed by atoms with Crippen LogP contribution in [0.25, 0.3) is 65.3 Å². The normalized spacial score (nSPS) is 12.2. The summed E-state index contributed by atoms with van der Waals surface area (Å²) in [5.74, 6) is 0.313. The first-order valence-electron chi connectivity index (χ1n) is 13.2. The minimum atomic E-state index is 0.313. The van der Waals surface area contributed by atoms with Gasteiger partial charge in [-0.15, -0.1) is 10.2 Å². The number of hydrogen-bond donors (Lipinski definition) is 2. The predicted molar refractivity (Wildman–Crippen MR) is 171 cm³/mol. The molecule has 0 aliphatic heterocycles. The molecule has 0 heterocycles. The molecule has 0 aromatic heterocycles. The van der Waals surface area contributed by atoms with Crippen molar-refractivity contribution in [2.75, 3.05) is 0 Å². The molecule has 0 bridgehead atoms. The summed E-state index contributed by atoms with van der Waals surface area (Å²) >= 11 is 0. The van der Waals surface area contributed by atoms with E-state index in [2.05, 4.69) is 132 Å². The third kappa shape index (κ3) is 3.94. The van der Waals surface area contributed by atoms with Gasteiger partial charge in [0.2, 0.25) is 0 Å². The molecule has 7 rings (SSSR count). The monoisotopic (exact) mass is 514 g/mol. The van der Waals surface area contributed by atoms with Gasteiger partial charge in [0, 0.05) is 5.56 Å². The van der Waals surface area contributed by atoms with Crippen molar-refractivity contribution in [2.24, 2.45) is 21.7 Å². The van der Waals surface area contributed by atoms with Gasteiger partial charge in [-0.25, -0.2) is 0 Å². The summed E-state index contributed by atoms with van der Waals surface area (Å²) in [6, 6.07) is 45.3. The van der Waals surface area contributed by atoms with Crippen LogP contribution in [-0.2, 0) is 0 Å². The number of fused-ring (bicyclic) bond motifs is 4. The number of hydrogen-bond acceptors (Lipinski definition) is 2. The second kappa shape index (κ2) is 9.68. The minimum absolute atomic E-state index is 0.313. The molecule has 0 aliphatic rings. The van der Waals surface area contributed by atoms with Crippen molar-refractivity contribution >= 4 is 55.3 Å². The fourth-order valence-corrected chi connectivity index (χ4v) is 5.80. The first kappa shape index (κ1) is 23.6. The van der Waals surface area contributed by atoms with Gasteiger partial charge in [-0.3, -0.25) is 0 Å². The summed E-state index contributed by atoms with van der Waals surface area (Å²) in [5, 5.41) is 17.4. The lowest BCUT2D eigenvalue weighted by Gasteiger charge is -2.19. The van der Waals surface area contributed by atoms with E-state index in [1.165, 1.54) is 43.4 Å². The second-order valence-corrected chi connectivity index (χ2v) is 9.93. The molecule has 190 valence electrons. The molecule has 0 atom stereocenters. The number of benzene rings is 7. The summed E-state index contributed by atoms with van der Waals surface area (Å²) < 4.78 is 0. The van der Waals surface area contributed by atoms with E-state index < -0.39 is 0 Å². The van der Waals surface area contributed by atoms with Crippen LogP contribution in [0.15, 0.2) is 138 Å². The molecule has 4 nitrogen and oxygen atoms in total. The third-order valence-electron chi connectivity index (χ3n) is 7.63. The van der Waals surface area contributed by atoms with E-state index in [-0.39, 0.29) is 0 Å². The molecular formula is C36H26N4. The molecule has 40 heavy (non-hydrogen) atoms. The molecule has 0 amide bonds. The standard InChI is InChI=1S/C36H26N4/c37-22-39-40-36(38)29-17-18-32-33(21-29)35(28-16-14-24-8-2-4-10-26(24)20-28)31-12-6-5-11-30(31)34(32)27-15-13-23-7-1-3-9-25(23)19-27/h1-22H,(H2,37,39)(H2,38,40). The largest absolute Gasteiger partial charge is 0.388 e. The van der Waals surface area contributed by atoms with Crippen LogP contribution < -0.4 is 11.5 Å². The highest BCUT2D eigenvalue weighted by Gasteiger charge is 2.18. The molecule has 0 spiro atoms. The van der Waals surface area contributed by atoms with Crippen molar-refractivity contribution in [1.82, 2.24) is 0 Å². The van der Waals surface area contributed by atoms with E-state index in [1.54, 1.807) is 0 Å². The van der Waals surface area contributed by atoms with Crippen molar-refractivity contribution in [1.29, 1.82) is 0 Å². The Balaban J connectivity index is 1.61. The minimum Gasteiger partial charge on any atom is -0.388 e. The topological polar surface area (TPSA) is 76.8 Å². The lowest BCUT2D eigenvalue weighted by Crippen LogP contribution is -2.12. The van der Waals surface area contributed by atoms with Crippen LogP contribution in [0.2, 0.25) is 0 Å². The lowest BCUT2D eigenvalue weighted by molar-refractivity contribution is 1.22. The number of amidine groups is 1. The fraction of sp³-hybridized carbons (Fsp3) is 0. The zero-order valence-electron chi connectivity index (χ0n) is 21.8. The highest BCUT2D eigenvalue weighted by atomic mass is 15.2. The summed E-state index contributed by atoms with van der Waals surface area (Å²) in [7, 11) is 0. The maximum absolute atomic E-state index is 6.34. The van der Waals surface area contributed by atoms with Crippen LogP contribution in [0.4, 0.5) is 0 Å². The molecule has 7 aromatic rings. The van der Waals surface area contributed by atoms with E-state index in [1.807, 2.05) is 6.07 Å². The van der Waals surface area contributed by atoms with Gasteiger partial charge >= 0.3 is 0 Å². The van der Waals surface area contributed by atoms with Gasteiger partial charge in [-0.1, -0.05) is 109 Å². The molecule has 0 saturated heterocycles. The molecule has 0 radical (unpaired) electrons. The second-order valence-electron chi connectivity index (χ2n) is 9.93. The Kier molecular flexibility index (Phi) is 5.72. The summed E-state index contributed by atoms with van der Waals surface area (Å²) in [4.78, 5) is 0. The molecule has 0 saturated carbocycles. The Bertz CT molecular complexity index is 2140. The first-order chi connectivity index (χ1) is 19.7. The van der Waals surface area contributed by atoms with Gasteiger partial charge in [0.05, 0.1) is 0 Å². The van der Waals surface area contributed by atoms with Gasteiger partial charge in [-0.05, 0) is 83.5 Å². The lowest BCUT2D eigenvalue weighted by atomic mass is 9.84. The van der Waals surface area contributed by atoms with E-state index in [0.29, 0.717) is 5.84 Å². The van der Waals surface area contributed by atoms with E-state index in [9.17, 15) is 0 Å². The average molecular weight is 515 g/mol. The molecule has 0 unspecified atom stereocenters. The molecule has 4 N–H and O–H groups in total. The Morgan fingerprint density at radius 2 is 1.00 bits per heavy atom. The third-order valence-corrected chi connectivity index (χ3v) is 7.63. The van der Waals surface area contributed by atoms with Crippen molar-refractivity contribution in [3.05, 3.63) is 133 Å². The van der Waals surface area contributed by atoms with Gasteiger partial charge in [0.15, 0.2) is 5.84 Å². The fourth-order valence-electron chi connectivity index (χ4n) is 5.80. The predicted octanol–water partition coefficient (Wildman–Crippen LogP) is 8.24. The Morgan fingerprint density at radius 1 is 0.500 bits per heavy atom. The van der Waals surface area contributed by atoms with E-state index in [4.69, 9.17) is 11.5 Å². The Morgan fingerprint density at radius 3 is 1.57 bits per heavy atom. The van der Waals surface area contributed by atoms with Crippen LogP contribution in [0.5, 0.6) is 0 Å². The highest BCUT2D eigenvalue weighted by molar-refractivity contribution is 6.23. The highest BCUT2D eigenvalue weighted by Crippen LogP contribution is 2.44. The van der Waals surface area contributed by atoms with Gasteiger partial charge in [-0.2, -0.15) is 0 Å². The number of nitrogens with two attached hydrogens (primary N) is 2. The van der Waals surface area contributed by atoms with Crippen molar-refractivity contribution in [2.45, 2.75) is 0 Å². The zero-order chi connectivity index (χ0) is 27.1. The quantitative estimate of drug-likeness (QED) is 0.107. The van der Waals surface area contributed by atoms with Crippen LogP contribution >= 0.6 is 0 Å². The maximum atomic E-state index is 6.34. The molecule has 0 fully saturated rings. The van der Waals surface area contributed by atoms with Crippen LogP contribution in [0, 0.1) is 0 Å². The van der Waals surface area contributed by atoms with Gasteiger partial charge in [0.1, 0.15) is 6.34 Å². The van der Waals surface area contributed by atoms with Crippen molar-refractivity contribution in [3.8, 4) is 22.3 Å². The average Bonchev–Trinajstić information content (AvgIpc) is 3.01. The number of rotatable bonds is 4. The summed E-state index contributed by atoms with van der Waals surface area (Å²) in [6.45, 7) is 0. The van der Waals surface area contributed by atoms with Gasteiger partial charge < -0.3 is 11.5 Å². The zero-order valence-corrected chi connectivity index (χ0v) is 21.8. The molecule has 7 aromatic carbocycles. The molecule has 4 heteroatoms. The first-order valence-corrected chi connectivity index (χ1v) is 13.2. The van der Waals surface area contributed by atoms with Crippen LogP contribution in [0.3, 0.4) is 0 Å². The van der Waals surface area contributed by atoms with Crippen LogP contribution in [0.1, 0.15) is 5.56 Å².